The molecule has 0 bridgehead atoms. The first-order valence-corrected chi connectivity index (χ1v) is 5.00. The fourth-order valence-corrected chi connectivity index (χ4v) is 1.67. The van der Waals surface area contributed by atoms with Gasteiger partial charge in [-0.2, -0.15) is 13.2 Å². The van der Waals surface area contributed by atoms with Crippen molar-refractivity contribution in [3.63, 3.8) is 0 Å². The Labute approximate surface area is 102 Å². The van der Waals surface area contributed by atoms with Crippen molar-refractivity contribution in [2.45, 2.75) is 19.5 Å². The molecule has 2 aromatic rings. The SMILES string of the molecule is Cc1c(C(F)F)cc2nc(C(F)(F)F)nn2c1Cl. The van der Waals surface area contributed by atoms with E-state index in [0.717, 1.165) is 6.07 Å². The maximum Gasteiger partial charge on any atom is 0.453 e. The van der Waals surface area contributed by atoms with Crippen LogP contribution in [-0.2, 0) is 6.18 Å². The van der Waals surface area contributed by atoms with Gasteiger partial charge < -0.3 is 0 Å². The van der Waals surface area contributed by atoms with Crippen LogP contribution in [0.5, 0.6) is 0 Å². The van der Waals surface area contributed by atoms with Crippen molar-refractivity contribution >= 4 is 17.2 Å². The van der Waals surface area contributed by atoms with E-state index in [0.29, 0.717) is 4.52 Å². The predicted molar refractivity (Wildman–Crippen MR) is 52.7 cm³/mol. The Hall–Kier alpha value is -1.44. The summed E-state index contributed by atoms with van der Waals surface area (Å²) in [6.45, 7) is 1.28. The molecule has 98 valence electrons. The highest BCUT2D eigenvalue weighted by molar-refractivity contribution is 6.30. The number of pyridine rings is 1. The summed E-state index contributed by atoms with van der Waals surface area (Å²) in [5.41, 5.74) is -0.861. The molecule has 0 amide bonds. The Morgan fingerprint density at radius 1 is 1.33 bits per heavy atom. The Morgan fingerprint density at radius 2 is 1.94 bits per heavy atom. The molecule has 0 N–H and O–H groups in total. The molecule has 9 heteroatoms. The fraction of sp³-hybridized carbons (Fsp3) is 0.333. The Balaban J connectivity index is 2.74. The minimum absolute atomic E-state index is 0.0298. The molecule has 2 aromatic heterocycles. The number of fused-ring (bicyclic) bond motifs is 1. The molecule has 0 fully saturated rings. The number of hydrogen-bond acceptors (Lipinski definition) is 2. The average molecular weight is 286 g/mol. The number of rotatable bonds is 1. The van der Waals surface area contributed by atoms with E-state index in [9.17, 15) is 22.0 Å². The minimum Gasteiger partial charge on any atom is -0.205 e. The van der Waals surface area contributed by atoms with Crippen LogP contribution in [0.15, 0.2) is 6.07 Å². The molecule has 3 nitrogen and oxygen atoms in total. The van der Waals surface area contributed by atoms with Crippen LogP contribution in [0.1, 0.15) is 23.4 Å². The van der Waals surface area contributed by atoms with Crippen LogP contribution in [0.2, 0.25) is 5.15 Å². The van der Waals surface area contributed by atoms with Crippen LogP contribution in [0.25, 0.3) is 5.65 Å². The van der Waals surface area contributed by atoms with E-state index in [2.05, 4.69) is 10.1 Å². The summed E-state index contributed by atoms with van der Waals surface area (Å²) in [5, 5.41) is 2.83. The molecule has 0 atom stereocenters. The van der Waals surface area contributed by atoms with Gasteiger partial charge in [-0.25, -0.2) is 18.3 Å². The largest absolute Gasteiger partial charge is 0.453 e. The zero-order valence-electron chi connectivity index (χ0n) is 8.76. The summed E-state index contributed by atoms with van der Waals surface area (Å²) in [6, 6.07) is 0.841. The third kappa shape index (κ3) is 2.00. The number of aromatic nitrogens is 3. The molecule has 0 aromatic carbocycles. The van der Waals surface area contributed by atoms with Crippen molar-refractivity contribution in [1.29, 1.82) is 0 Å². The molecule has 0 aliphatic heterocycles. The van der Waals surface area contributed by atoms with Gasteiger partial charge in [0.25, 0.3) is 12.2 Å². The summed E-state index contributed by atoms with van der Waals surface area (Å²) in [4.78, 5) is 3.14. The molecule has 0 radical (unpaired) electrons. The fourth-order valence-electron chi connectivity index (χ4n) is 1.43. The molecule has 0 aliphatic rings. The van der Waals surface area contributed by atoms with Crippen molar-refractivity contribution in [3.05, 3.63) is 28.2 Å². The molecule has 2 heterocycles. The van der Waals surface area contributed by atoms with Gasteiger partial charge in [0, 0.05) is 5.56 Å². The Morgan fingerprint density at radius 3 is 2.44 bits per heavy atom. The second-order valence-electron chi connectivity index (χ2n) is 3.52. The summed E-state index contributed by atoms with van der Waals surface area (Å²) in [6.07, 6.45) is -7.60. The highest BCUT2D eigenvalue weighted by Crippen LogP contribution is 2.31. The lowest BCUT2D eigenvalue weighted by Gasteiger charge is -2.07. The molecule has 0 saturated carbocycles. The number of halogens is 6. The first-order chi connectivity index (χ1) is 8.21. The van der Waals surface area contributed by atoms with Gasteiger partial charge in [-0.3, -0.25) is 0 Å². The zero-order valence-corrected chi connectivity index (χ0v) is 9.52. The van der Waals surface area contributed by atoms with Crippen LogP contribution in [0.3, 0.4) is 0 Å². The first kappa shape index (κ1) is 13.0. The quantitative estimate of drug-likeness (QED) is 0.591. The third-order valence-electron chi connectivity index (χ3n) is 2.33. The molecule has 0 aliphatic carbocycles. The van der Waals surface area contributed by atoms with E-state index in [1.54, 1.807) is 0 Å². The van der Waals surface area contributed by atoms with Gasteiger partial charge in [0.05, 0.1) is 0 Å². The Bertz CT molecular complexity index is 604. The molecule has 0 unspecified atom stereocenters. The van der Waals surface area contributed by atoms with Crippen LogP contribution < -0.4 is 0 Å². The van der Waals surface area contributed by atoms with E-state index in [1.165, 1.54) is 6.92 Å². The molecule has 0 saturated heterocycles. The molecule has 18 heavy (non-hydrogen) atoms. The van der Waals surface area contributed by atoms with Gasteiger partial charge in [-0.1, -0.05) is 11.6 Å². The standard InChI is InChI=1S/C9H5ClF5N3/c1-3-4(7(11)12)2-5-16-8(9(13,14)15)17-18(5)6(3)10/h2,7H,1H3. The van der Waals surface area contributed by atoms with Gasteiger partial charge in [-0.05, 0) is 18.6 Å². The van der Waals surface area contributed by atoms with E-state index in [4.69, 9.17) is 11.6 Å². The van der Waals surface area contributed by atoms with Crippen LogP contribution >= 0.6 is 11.6 Å². The topological polar surface area (TPSA) is 30.2 Å². The van der Waals surface area contributed by atoms with Gasteiger partial charge >= 0.3 is 6.18 Å². The maximum atomic E-state index is 12.6. The monoisotopic (exact) mass is 285 g/mol. The lowest BCUT2D eigenvalue weighted by atomic mass is 10.1. The van der Waals surface area contributed by atoms with Crippen LogP contribution in [-0.4, -0.2) is 14.6 Å². The molecular weight excluding hydrogens is 281 g/mol. The molecule has 0 spiro atoms. The van der Waals surface area contributed by atoms with Crippen molar-refractivity contribution in [3.8, 4) is 0 Å². The third-order valence-corrected chi connectivity index (χ3v) is 2.78. The number of nitrogens with zero attached hydrogens (tertiary/aromatic N) is 3. The summed E-state index contributed by atoms with van der Waals surface area (Å²) < 4.78 is 63.1. The lowest BCUT2D eigenvalue weighted by Crippen LogP contribution is -2.07. The van der Waals surface area contributed by atoms with Crippen molar-refractivity contribution in [2.24, 2.45) is 0 Å². The Kier molecular flexibility index (Phi) is 2.92. The highest BCUT2D eigenvalue weighted by atomic mass is 35.5. The van der Waals surface area contributed by atoms with Gasteiger partial charge in [0.1, 0.15) is 5.15 Å². The highest BCUT2D eigenvalue weighted by Gasteiger charge is 2.36. The van der Waals surface area contributed by atoms with E-state index >= 15 is 0 Å². The van der Waals surface area contributed by atoms with Gasteiger partial charge in [-0.15, -0.1) is 5.10 Å². The lowest BCUT2D eigenvalue weighted by molar-refractivity contribution is -0.144. The van der Waals surface area contributed by atoms with Crippen LogP contribution in [0, 0.1) is 6.92 Å². The maximum absolute atomic E-state index is 12.6. The van der Waals surface area contributed by atoms with Gasteiger partial charge in [0.15, 0.2) is 5.65 Å². The minimum atomic E-state index is -4.76. The van der Waals surface area contributed by atoms with E-state index in [-0.39, 0.29) is 16.4 Å². The first-order valence-electron chi connectivity index (χ1n) is 4.63. The predicted octanol–water partition coefficient (Wildman–Crippen LogP) is 3.65. The second-order valence-corrected chi connectivity index (χ2v) is 3.88. The summed E-state index contributed by atoms with van der Waals surface area (Å²) >= 11 is 5.70. The average Bonchev–Trinajstić information content (AvgIpc) is 2.66. The summed E-state index contributed by atoms with van der Waals surface area (Å²) in [7, 11) is 0. The van der Waals surface area contributed by atoms with Crippen molar-refractivity contribution in [1.82, 2.24) is 14.6 Å². The zero-order chi connectivity index (χ0) is 13.7. The van der Waals surface area contributed by atoms with Crippen LogP contribution in [0.4, 0.5) is 22.0 Å². The van der Waals surface area contributed by atoms with E-state index < -0.39 is 24.0 Å². The molecule has 2 rings (SSSR count). The normalized spacial score (nSPS) is 12.7. The van der Waals surface area contributed by atoms with E-state index in [1.807, 2.05) is 0 Å². The number of alkyl halides is 5. The second kappa shape index (κ2) is 4.04. The summed E-state index contributed by atoms with van der Waals surface area (Å²) in [5.74, 6) is -1.42. The molecular formula is C9H5ClF5N3. The van der Waals surface area contributed by atoms with Gasteiger partial charge in [0.2, 0.25) is 0 Å². The smallest absolute Gasteiger partial charge is 0.205 e. The van der Waals surface area contributed by atoms with Crippen molar-refractivity contribution in [2.75, 3.05) is 0 Å². The van der Waals surface area contributed by atoms with Crippen molar-refractivity contribution < 1.29 is 22.0 Å². The number of hydrogen-bond donors (Lipinski definition) is 0.